The van der Waals surface area contributed by atoms with Crippen molar-refractivity contribution in [3.63, 3.8) is 0 Å². The van der Waals surface area contributed by atoms with E-state index in [1.165, 1.54) is 5.69 Å². The van der Waals surface area contributed by atoms with Crippen LogP contribution in [0.2, 0.25) is 0 Å². The molecule has 30 heavy (non-hydrogen) atoms. The summed E-state index contributed by atoms with van der Waals surface area (Å²) in [4.78, 5) is 19.9. The second kappa shape index (κ2) is 9.34. The highest BCUT2D eigenvalue weighted by Crippen LogP contribution is 2.21. The normalized spacial score (nSPS) is 19.2. The van der Waals surface area contributed by atoms with E-state index in [1.54, 1.807) is 0 Å². The van der Waals surface area contributed by atoms with Crippen molar-refractivity contribution >= 4 is 17.3 Å². The molecule has 0 bridgehead atoms. The Kier molecular flexibility index (Phi) is 6.38. The third-order valence-corrected chi connectivity index (χ3v) is 6.26. The van der Waals surface area contributed by atoms with Crippen molar-refractivity contribution in [1.82, 2.24) is 14.4 Å². The van der Waals surface area contributed by atoms with E-state index in [9.17, 15) is 10.0 Å². The molecule has 4 rings (SSSR count). The van der Waals surface area contributed by atoms with Crippen LogP contribution in [0.15, 0.2) is 47.8 Å². The van der Waals surface area contributed by atoms with Crippen molar-refractivity contribution in [3.8, 4) is 0 Å². The molecule has 0 unspecified atom stereocenters. The van der Waals surface area contributed by atoms with Gasteiger partial charge in [0.15, 0.2) is 0 Å². The molecular weight excluding hydrogens is 378 g/mol. The van der Waals surface area contributed by atoms with Gasteiger partial charge in [0.25, 0.3) is 5.91 Å². The zero-order valence-corrected chi connectivity index (χ0v) is 17.7. The second-order valence-corrected chi connectivity index (χ2v) is 8.15. The average molecular weight is 410 g/mol. The molecule has 1 saturated heterocycles. The lowest BCUT2D eigenvalue weighted by Gasteiger charge is -2.36. The molecule has 0 spiro atoms. The van der Waals surface area contributed by atoms with Gasteiger partial charge in [-0.25, -0.2) is 0 Å². The number of piperazine rings is 1. The van der Waals surface area contributed by atoms with Gasteiger partial charge in [0, 0.05) is 70.2 Å². The summed E-state index contributed by atoms with van der Waals surface area (Å²) >= 11 is 0. The zero-order chi connectivity index (χ0) is 20.9. The van der Waals surface area contributed by atoms with Crippen LogP contribution in [0, 0.1) is 0 Å². The number of unbranched alkanes of at least 4 members (excludes halogenated alkanes) is 1. The average Bonchev–Trinajstić information content (AvgIpc) is 3.10. The maximum atomic E-state index is 13.0. The van der Waals surface area contributed by atoms with E-state index in [4.69, 9.17) is 0 Å². The standard InChI is InChI=1S/C23H31N5O2/c1-25-13-9-20-21(24-30)10-14-28(23(29)22(20)25)12-6-5-11-26-15-17-27(18-16-26)19-7-3-2-4-8-19/h2-4,7-9,13,30H,5-6,10-12,14-18H2,1H3. The highest BCUT2D eigenvalue weighted by molar-refractivity contribution is 6.11. The minimum absolute atomic E-state index is 0.0348. The van der Waals surface area contributed by atoms with E-state index >= 15 is 0 Å². The minimum atomic E-state index is 0.0348. The Labute approximate surface area is 178 Å². The van der Waals surface area contributed by atoms with E-state index in [1.807, 2.05) is 28.8 Å². The Morgan fingerprint density at radius 1 is 0.967 bits per heavy atom. The predicted octanol–water partition coefficient (Wildman–Crippen LogP) is 2.65. The summed E-state index contributed by atoms with van der Waals surface area (Å²) in [5, 5.41) is 12.8. The number of aromatic nitrogens is 1. The number of aryl methyl sites for hydroxylation is 1. The molecule has 7 nitrogen and oxygen atoms in total. The summed E-state index contributed by atoms with van der Waals surface area (Å²) in [6, 6.07) is 12.5. The minimum Gasteiger partial charge on any atom is -0.411 e. The Morgan fingerprint density at radius 2 is 1.70 bits per heavy atom. The zero-order valence-electron chi connectivity index (χ0n) is 17.7. The van der Waals surface area contributed by atoms with Gasteiger partial charge >= 0.3 is 0 Å². The molecule has 1 aromatic carbocycles. The van der Waals surface area contributed by atoms with E-state index in [0.29, 0.717) is 24.4 Å². The summed E-state index contributed by atoms with van der Waals surface area (Å²) < 4.78 is 1.83. The number of hydrogen-bond donors (Lipinski definition) is 1. The van der Waals surface area contributed by atoms with Gasteiger partial charge < -0.3 is 19.6 Å². The lowest BCUT2D eigenvalue weighted by molar-refractivity contribution is 0.0749. The summed E-state index contributed by atoms with van der Waals surface area (Å²) in [6.45, 7) is 6.71. The summed E-state index contributed by atoms with van der Waals surface area (Å²) in [6.07, 6.45) is 4.50. The van der Waals surface area contributed by atoms with Crippen LogP contribution in [0.1, 0.15) is 35.3 Å². The molecule has 1 fully saturated rings. The van der Waals surface area contributed by atoms with Crippen molar-refractivity contribution in [2.75, 3.05) is 50.7 Å². The summed E-state index contributed by atoms with van der Waals surface area (Å²) in [7, 11) is 1.87. The third kappa shape index (κ3) is 4.36. The van der Waals surface area contributed by atoms with Crippen LogP contribution < -0.4 is 4.90 Å². The molecule has 2 aliphatic rings. The summed E-state index contributed by atoms with van der Waals surface area (Å²) in [5.74, 6) is 0.0348. The molecule has 160 valence electrons. The molecule has 0 atom stereocenters. The molecule has 2 aliphatic heterocycles. The Hall–Kier alpha value is -2.80. The highest BCUT2D eigenvalue weighted by Gasteiger charge is 2.28. The molecule has 1 N–H and O–H groups in total. The first-order chi connectivity index (χ1) is 14.7. The van der Waals surface area contributed by atoms with Gasteiger partial charge in [0.05, 0.1) is 5.71 Å². The van der Waals surface area contributed by atoms with E-state index in [2.05, 4.69) is 45.3 Å². The first kappa shape index (κ1) is 20.5. The summed E-state index contributed by atoms with van der Waals surface area (Å²) in [5.41, 5.74) is 3.28. The molecule has 0 saturated carbocycles. The van der Waals surface area contributed by atoms with E-state index < -0.39 is 0 Å². The fraction of sp³-hybridized carbons (Fsp3) is 0.478. The van der Waals surface area contributed by atoms with Gasteiger partial charge in [-0.1, -0.05) is 23.4 Å². The molecule has 1 aromatic heterocycles. The fourth-order valence-corrected chi connectivity index (χ4v) is 4.48. The highest BCUT2D eigenvalue weighted by atomic mass is 16.4. The van der Waals surface area contributed by atoms with Gasteiger partial charge in [0.2, 0.25) is 0 Å². The third-order valence-electron chi connectivity index (χ3n) is 6.26. The van der Waals surface area contributed by atoms with Crippen molar-refractivity contribution in [3.05, 3.63) is 53.9 Å². The smallest absolute Gasteiger partial charge is 0.271 e. The molecule has 0 radical (unpaired) electrons. The first-order valence-electron chi connectivity index (χ1n) is 10.9. The second-order valence-electron chi connectivity index (χ2n) is 8.15. The van der Waals surface area contributed by atoms with Gasteiger partial charge in [-0.05, 0) is 37.6 Å². The monoisotopic (exact) mass is 409 g/mol. The largest absolute Gasteiger partial charge is 0.411 e. The van der Waals surface area contributed by atoms with Crippen molar-refractivity contribution in [1.29, 1.82) is 0 Å². The van der Waals surface area contributed by atoms with Crippen LogP contribution in [-0.2, 0) is 7.05 Å². The van der Waals surface area contributed by atoms with E-state index in [0.717, 1.165) is 57.7 Å². The number of fused-ring (bicyclic) bond motifs is 1. The van der Waals surface area contributed by atoms with Crippen LogP contribution >= 0.6 is 0 Å². The number of carbonyl (C=O) groups is 1. The molecule has 2 aromatic rings. The number of carbonyl (C=O) groups excluding carboxylic acids is 1. The van der Waals surface area contributed by atoms with Crippen LogP contribution in [0.4, 0.5) is 5.69 Å². The van der Waals surface area contributed by atoms with Crippen LogP contribution in [0.3, 0.4) is 0 Å². The Bertz CT molecular complexity index is 884. The number of rotatable bonds is 6. The number of oxime groups is 1. The number of nitrogens with zero attached hydrogens (tertiary/aromatic N) is 5. The van der Waals surface area contributed by atoms with Crippen molar-refractivity contribution in [2.24, 2.45) is 12.2 Å². The topological polar surface area (TPSA) is 64.3 Å². The van der Waals surface area contributed by atoms with Crippen LogP contribution in [-0.4, -0.2) is 77.0 Å². The van der Waals surface area contributed by atoms with Crippen LogP contribution in [0.5, 0.6) is 0 Å². The molecule has 0 aliphatic carbocycles. The lowest BCUT2D eigenvalue weighted by atomic mass is 10.1. The predicted molar refractivity (Wildman–Crippen MR) is 119 cm³/mol. The molecule has 3 heterocycles. The molecule has 7 heteroatoms. The number of para-hydroxylation sites is 1. The molecule has 1 amide bonds. The Balaban J connectivity index is 1.23. The van der Waals surface area contributed by atoms with Crippen molar-refractivity contribution in [2.45, 2.75) is 19.3 Å². The van der Waals surface area contributed by atoms with Crippen LogP contribution in [0.25, 0.3) is 0 Å². The first-order valence-corrected chi connectivity index (χ1v) is 10.9. The lowest BCUT2D eigenvalue weighted by Crippen LogP contribution is -2.46. The molecular formula is C23H31N5O2. The van der Waals surface area contributed by atoms with E-state index in [-0.39, 0.29) is 5.91 Å². The SMILES string of the molecule is Cn1ccc2c1C(=O)N(CCCCN1CCN(c3ccccc3)CC1)CCC2=NO. The number of hydrogen-bond acceptors (Lipinski definition) is 5. The number of benzene rings is 1. The quantitative estimate of drug-likeness (QED) is 0.453. The van der Waals surface area contributed by atoms with Gasteiger partial charge in [-0.3, -0.25) is 9.69 Å². The van der Waals surface area contributed by atoms with Crippen molar-refractivity contribution < 1.29 is 10.0 Å². The maximum Gasteiger partial charge on any atom is 0.271 e. The fourth-order valence-electron chi connectivity index (χ4n) is 4.48. The number of anilines is 1. The maximum absolute atomic E-state index is 13.0. The van der Waals surface area contributed by atoms with Gasteiger partial charge in [-0.15, -0.1) is 0 Å². The Morgan fingerprint density at radius 3 is 2.43 bits per heavy atom. The van der Waals surface area contributed by atoms with Gasteiger partial charge in [0.1, 0.15) is 5.69 Å². The van der Waals surface area contributed by atoms with Gasteiger partial charge in [-0.2, -0.15) is 0 Å². The number of amides is 1.